The highest BCUT2D eigenvalue weighted by Crippen LogP contribution is 2.26. The van der Waals surface area contributed by atoms with Crippen molar-refractivity contribution in [2.75, 3.05) is 5.32 Å². The van der Waals surface area contributed by atoms with Crippen molar-refractivity contribution >= 4 is 39.6 Å². The van der Waals surface area contributed by atoms with Crippen LogP contribution in [0.4, 0.5) is 10.1 Å². The van der Waals surface area contributed by atoms with Gasteiger partial charge in [0.1, 0.15) is 17.5 Å². The molecule has 0 spiro atoms. The van der Waals surface area contributed by atoms with Crippen molar-refractivity contribution in [3.63, 3.8) is 0 Å². The van der Waals surface area contributed by atoms with E-state index in [0.29, 0.717) is 21.4 Å². The summed E-state index contributed by atoms with van der Waals surface area (Å²) in [7, 11) is 0. The number of benzene rings is 2. The minimum atomic E-state index is -1.13. The first-order valence-corrected chi connectivity index (χ1v) is 9.91. The molecule has 0 aliphatic carbocycles. The van der Waals surface area contributed by atoms with Gasteiger partial charge in [0.15, 0.2) is 0 Å². The molecule has 0 saturated heterocycles. The van der Waals surface area contributed by atoms with Gasteiger partial charge in [-0.05, 0) is 68.0 Å². The molecule has 0 bridgehead atoms. The molecule has 0 saturated carbocycles. The van der Waals surface area contributed by atoms with E-state index in [0.717, 1.165) is 5.69 Å². The number of carboxylic acid groups (broad SMARTS) is 1. The second kappa shape index (κ2) is 8.98. The predicted molar refractivity (Wildman–Crippen MR) is 119 cm³/mol. The highest BCUT2D eigenvalue weighted by atomic mass is 79.9. The Hall–Kier alpha value is -3.70. The Balaban J connectivity index is 1.94. The van der Waals surface area contributed by atoms with Crippen LogP contribution in [0.15, 0.2) is 58.6 Å². The Bertz CT molecular complexity index is 1270. The van der Waals surface area contributed by atoms with Gasteiger partial charge in [0, 0.05) is 21.5 Å². The van der Waals surface area contributed by atoms with E-state index in [-0.39, 0.29) is 16.8 Å². The summed E-state index contributed by atoms with van der Waals surface area (Å²) in [6, 6.07) is 14.1. The van der Waals surface area contributed by atoms with Gasteiger partial charge in [-0.2, -0.15) is 5.26 Å². The number of aryl methyl sites for hydroxylation is 1. The molecule has 0 aliphatic heterocycles. The minimum Gasteiger partial charge on any atom is -0.478 e. The molecule has 2 aromatic carbocycles. The number of aromatic nitrogens is 1. The monoisotopic (exact) mass is 481 g/mol. The lowest BCUT2D eigenvalue weighted by Gasteiger charge is -2.11. The van der Waals surface area contributed by atoms with Crippen LogP contribution < -0.4 is 5.32 Å². The molecule has 3 aromatic rings. The van der Waals surface area contributed by atoms with Crippen LogP contribution >= 0.6 is 15.9 Å². The van der Waals surface area contributed by atoms with E-state index < -0.39 is 17.7 Å². The SMILES string of the molecule is Cc1cc(/C=C(/C#N)C(=O)Nc2cccc(C(=O)O)c2)c(C)n1-c1ccc(Br)cc1F. The van der Waals surface area contributed by atoms with Gasteiger partial charge in [-0.25, -0.2) is 9.18 Å². The maximum Gasteiger partial charge on any atom is 0.335 e. The Morgan fingerprint density at radius 1 is 1.19 bits per heavy atom. The maximum absolute atomic E-state index is 14.5. The quantitative estimate of drug-likeness (QED) is 0.384. The average Bonchev–Trinajstić information content (AvgIpc) is 2.99. The summed E-state index contributed by atoms with van der Waals surface area (Å²) < 4.78 is 16.8. The Morgan fingerprint density at radius 3 is 2.58 bits per heavy atom. The van der Waals surface area contributed by atoms with E-state index >= 15 is 0 Å². The van der Waals surface area contributed by atoms with Crippen molar-refractivity contribution in [2.45, 2.75) is 13.8 Å². The van der Waals surface area contributed by atoms with Gasteiger partial charge in [-0.15, -0.1) is 0 Å². The fraction of sp³-hybridized carbons (Fsp3) is 0.0870. The van der Waals surface area contributed by atoms with Crippen molar-refractivity contribution in [2.24, 2.45) is 0 Å². The van der Waals surface area contributed by atoms with E-state index in [9.17, 15) is 19.2 Å². The van der Waals surface area contributed by atoms with Gasteiger partial charge < -0.3 is 15.0 Å². The van der Waals surface area contributed by atoms with E-state index in [1.807, 2.05) is 6.07 Å². The lowest BCUT2D eigenvalue weighted by atomic mass is 10.1. The fourth-order valence-corrected chi connectivity index (χ4v) is 3.53. The van der Waals surface area contributed by atoms with Gasteiger partial charge in [0.25, 0.3) is 5.91 Å². The zero-order valence-corrected chi connectivity index (χ0v) is 18.2. The van der Waals surface area contributed by atoms with E-state index in [2.05, 4.69) is 21.2 Å². The zero-order chi connectivity index (χ0) is 22.7. The van der Waals surface area contributed by atoms with E-state index in [1.165, 1.54) is 36.4 Å². The Morgan fingerprint density at radius 2 is 1.94 bits per heavy atom. The number of carboxylic acids is 1. The third kappa shape index (κ3) is 4.73. The van der Waals surface area contributed by atoms with Crippen molar-refractivity contribution in [3.8, 4) is 11.8 Å². The highest BCUT2D eigenvalue weighted by molar-refractivity contribution is 9.10. The van der Waals surface area contributed by atoms with Gasteiger partial charge in [0.05, 0.1) is 11.3 Å². The lowest BCUT2D eigenvalue weighted by molar-refractivity contribution is -0.112. The van der Waals surface area contributed by atoms with Crippen LogP contribution in [0, 0.1) is 31.0 Å². The molecule has 1 aromatic heterocycles. The molecule has 0 fully saturated rings. The van der Waals surface area contributed by atoms with Gasteiger partial charge in [0.2, 0.25) is 0 Å². The van der Waals surface area contributed by atoms with Crippen LogP contribution in [0.3, 0.4) is 0 Å². The minimum absolute atomic E-state index is 0.0142. The third-order valence-corrected chi connectivity index (χ3v) is 5.15. The molecule has 0 atom stereocenters. The van der Waals surface area contributed by atoms with Crippen molar-refractivity contribution < 1.29 is 19.1 Å². The van der Waals surface area contributed by atoms with Gasteiger partial charge >= 0.3 is 5.97 Å². The molecule has 2 N–H and O–H groups in total. The molecule has 6 nitrogen and oxygen atoms in total. The number of nitriles is 1. The smallest absolute Gasteiger partial charge is 0.335 e. The van der Waals surface area contributed by atoms with Gasteiger partial charge in [-0.3, -0.25) is 4.79 Å². The molecular formula is C23H17BrFN3O3. The second-order valence-electron chi connectivity index (χ2n) is 6.77. The Kier molecular flexibility index (Phi) is 6.37. The zero-order valence-electron chi connectivity index (χ0n) is 16.6. The molecule has 8 heteroatoms. The summed E-state index contributed by atoms with van der Waals surface area (Å²) >= 11 is 3.24. The molecular weight excluding hydrogens is 465 g/mol. The largest absolute Gasteiger partial charge is 0.478 e. The second-order valence-corrected chi connectivity index (χ2v) is 7.68. The molecule has 1 amide bonds. The van der Waals surface area contributed by atoms with E-state index in [4.69, 9.17) is 5.11 Å². The lowest BCUT2D eigenvalue weighted by Crippen LogP contribution is -2.14. The Labute approximate surface area is 186 Å². The summed E-state index contributed by atoms with van der Waals surface area (Å²) in [6.45, 7) is 3.57. The number of anilines is 1. The number of rotatable bonds is 5. The highest BCUT2D eigenvalue weighted by Gasteiger charge is 2.16. The third-order valence-electron chi connectivity index (χ3n) is 4.65. The first kappa shape index (κ1) is 22.0. The number of hydrogen-bond acceptors (Lipinski definition) is 3. The average molecular weight is 482 g/mol. The van der Waals surface area contributed by atoms with Crippen LogP contribution in [0.2, 0.25) is 0 Å². The van der Waals surface area contributed by atoms with Crippen molar-refractivity contribution in [1.82, 2.24) is 4.57 Å². The number of amides is 1. The standard InChI is InChI=1S/C23H17BrFN3O3/c1-13-8-16(14(2)28(13)21-7-6-18(24)11-20(21)25)9-17(12-26)22(29)27-19-5-3-4-15(10-19)23(30)31/h3-11H,1-2H3,(H,27,29)(H,30,31)/b17-9-. The normalized spacial score (nSPS) is 11.1. The van der Waals surface area contributed by atoms with Crippen LogP contribution in [-0.2, 0) is 4.79 Å². The summed E-state index contributed by atoms with van der Waals surface area (Å²) in [4.78, 5) is 23.7. The summed E-state index contributed by atoms with van der Waals surface area (Å²) in [5, 5.41) is 21.1. The topological polar surface area (TPSA) is 95.1 Å². The molecule has 31 heavy (non-hydrogen) atoms. The van der Waals surface area contributed by atoms with Crippen molar-refractivity contribution in [1.29, 1.82) is 5.26 Å². The van der Waals surface area contributed by atoms with Gasteiger partial charge in [-0.1, -0.05) is 22.0 Å². The molecule has 0 aliphatic rings. The first-order valence-electron chi connectivity index (χ1n) is 9.12. The first-order chi connectivity index (χ1) is 14.7. The number of halogens is 2. The molecule has 0 unspecified atom stereocenters. The molecule has 156 valence electrons. The summed E-state index contributed by atoms with van der Waals surface area (Å²) in [5.41, 5.74) is 2.44. The van der Waals surface area contributed by atoms with Crippen LogP contribution in [-0.4, -0.2) is 21.6 Å². The number of nitrogens with one attached hydrogen (secondary N) is 1. The fourth-order valence-electron chi connectivity index (χ4n) is 3.20. The number of carbonyl (C=O) groups excluding carboxylic acids is 1. The number of nitrogens with zero attached hydrogens (tertiary/aromatic N) is 2. The molecule has 3 rings (SSSR count). The molecule has 1 heterocycles. The van der Waals surface area contributed by atoms with Crippen LogP contribution in [0.5, 0.6) is 0 Å². The summed E-state index contributed by atoms with van der Waals surface area (Å²) in [6.07, 6.45) is 1.42. The van der Waals surface area contributed by atoms with Crippen LogP contribution in [0.25, 0.3) is 11.8 Å². The van der Waals surface area contributed by atoms with E-state index in [1.54, 1.807) is 36.6 Å². The van der Waals surface area contributed by atoms with Crippen LogP contribution in [0.1, 0.15) is 27.3 Å². The predicted octanol–water partition coefficient (Wildman–Crippen LogP) is 5.24. The molecule has 0 radical (unpaired) electrons. The van der Waals surface area contributed by atoms with Crippen molar-refractivity contribution in [3.05, 3.63) is 86.9 Å². The number of hydrogen-bond donors (Lipinski definition) is 2. The number of aromatic carboxylic acids is 1. The number of carbonyl (C=O) groups is 2. The summed E-state index contributed by atoms with van der Waals surface area (Å²) in [5.74, 6) is -2.22. The maximum atomic E-state index is 14.5.